The van der Waals surface area contributed by atoms with Crippen molar-refractivity contribution in [2.45, 2.75) is 18.9 Å². The van der Waals surface area contributed by atoms with Crippen molar-refractivity contribution in [3.63, 3.8) is 0 Å². The van der Waals surface area contributed by atoms with Crippen molar-refractivity contribution in [1.82, 2.24) is 20.4 Å². The maximum Gasteiger partial charge on any atom is 0.263 e. The predicted octanol–water partition coefficient (Wildman–Crippen LogP) is 3.17. The highest BCUT2D eigenvalue weighted by molar-refractivity contribution is 7.12. The second kappa shape index (κ2) is 7.75. The van der Waals surface area contributed by atoms with E-state index >= 15 is 0 Å². The molecule has 0 bridgehead atoms. The molecule has 138 valence electrons. The fourth-order valence-corrected chi connectivity index (χ4v) is 4.07. The van der Waals surface area contributed by atoms with E-state index < -0.39 is 0 Å². The Kier molecular flexibility index (Phi) is 5.02. The maximum absolute atomic E-state index is 12.8. The summed E-state index contributed by atoms with van der Waals surface area (Å²) in [6, 6.07) is 13.3. The first-order valence-electron chi connectivity index (χ1n) is 8.95. The number of thiophene rings is 1. The second-order valence-corrected chi connectivity index (χ2v) is 7.51. The Morgan fingerprint density at radius 3 is 2.81 bits per heavy atom. The van der Waals surface area contributed by atoms with Gasteiger partial charge in [-0.3, -0.25) is 14.7 Å². The zero-order valence-corrected chi connectivity index (χ0v) is 15.5. The van der Waals surface area contributed by atoms with Crippen molar-refractivity contribution < 1.29 is 9.59 Å². The van der Waals surface area contributed by atoms with Crippen LogP contribution in [-0.4, -0.2) is 46.0 Å². The molecule has 1 saturated heterocycles. The fraction of sp³-hybridized carbons (Fsp3) is 0.250. The van der Waals surface area contributed by atoms with E-state index in [-0.39, 0.29) is 17.9 Å². The highest BCUT2D eigenvalue weighted by Crippen LogP contribution is 2.22. The largest absolute Gasteiger partial charge is 0.347 e. The van der Waals surface area contributed by atoms with E-state index in [2.05, 4.69) is 15.5 Å². The van der Waals surface area contributed by atoms with Gasteiger partial charge >= 0.3 is 0 Å². The highest BCUT2D eigenvalue weighted by atomic mass is 32.1. The molecular weight excluding hydrogens is 360 g/mol. The third-order valence-electron chi connectivity index (χ3n) is 4.72. The molecule has 6 nitrogen and oxygen atoms in total. The Labute approximate surface area is 161 Å². The van der Waals surface area contributed by atoms with Crippen LogP contribution in [0, 0.1) is 0 Å². The van der Waals surface area contributed by atoms with Gasteiger partial charge in [-0.25, -0.2) is 0 Å². The number of hydrogen-bond acceptors (Lipinski definition) is 4. The Bertz CT molecular complexity index is 921. The molecule has 0 radical (unpaired) electrons. The SMILES string of the molecule is O=C(N[C@H]1CCCN(C(=O)c2cccs2)C1)c1cn[nH]c1-c1ccccc1. The number of H-pyrrole nitrogens is 1. The molecule has 3 heterocycles. The highest BCUT2D eigenvalue weighted by Gasteiger charge is 2.27. The molecule has 4 rings (SSSR count). The van der Waals surface area contributed by atoms with Crippen LogP contribution < -0.4 is 5.32 Å². The summed E-state index contributed by atoms with van der Waals surface area (Å²) in [7, 11) is 0. The number of amides is 2. The summed E-state index contributed by atoms with van der Waals surface area (Å²) in [4.78, 5) is 27.9. The van der Waals surface area contributed by atoms with Crippen LogP contribution >= 0.6 is 11.3 Å². The van der Waals surface area contributed by atoms with Crippen LogP contribution in [0.15, 0.2) is 54.0 Å². The third-order valence-corrected chi connectivity index (χ3v) is 5.58. The number of likely N-dealkylation sites (tertiary alicyclic amines) is 1. The summed E-state index contributed by atoms with van der Waals surface area (Å²) in [6.45, 7) is 1.26. The average molecular weight is 380 g/mol. The van der Waals surface area contributed by atoms with Gasteiger partial charge < -0.3 is 10.2 Å². The molecule has 1 aliphatic heterocycles. The van der Waals surface area contributed by atoms with E-state index in [1.54, 1.807) is 6.20 Å². The van der Waals surface area contributed by atoms with E-state index in [1.807, 2.05) is 52.7 Å². The first kappa shape index (κ1) is 17.5. The molecule has 1 fully saturated rings. The summed E-state index contributed by atoms with van der Waals surface area (Å²) in [6.07, 6.45) is 3.28. The summed E-state index contributed by atoms with van der Waals surface area (Å²) in [5.41, 5.74) is 2.14. The van der Waals surface area contributed by atoms with Crippen LogP contribution in [0.5, 0.6) is 0 Å². The Balaban J connectivity index is 1.44. The second-order valence-electron chi connectivity index (χ2n) is 6.57. The molecule has 0 saturated carbocycles. The maximum atomic E-state index is 12.8. The lowest BCUT2D eigenvalue weighted by atomic mass is 10.0. The fourth-order valence-electron chi connectivity index (χ4n) is 3.38. The van der Waals surface area contributed by atoms with Crippen molar-refractivity contribution in [2.24, 2.45) is 0 Å². The number of aromatic nitrogens is 2. The van der Waals surface area contributed by atoms with Crippen LogP contribution in [-0.2, 0) is 0 Å². The average Bonchev–Trinajstić information content (AvgIpc) is 3.40. The van der Waals surface area contributed by atoms with E-state index in [9.17, 15) is 9.59 Å². The van der Waals surface area contributed by atoms with Crippen LogP contribution in [0.4, 0.5) is 0 Å². The lowest BCUT2D eigenvalue weighted by molar-refractivity contribution is 0.0680. The number of rotatable bonds is 4. The summed E-state index contributed by atoms with van der Waals surface area (Å²) in [5, 5.41) is 11.9. The van der Waals surface area contributed by atoms with E-state index in [4.69, 9.17) is 0 Å². The number of nitrogens with one attached hydrogen (secondary N) is 2. The first-order chi connectivity index (χ1) is 13.2. The number of carbonyl (C=O) groups is 2. The van der Waals surface area contributed by atoms with Gasteiger partial charge in [0.15, 0.2) is 0 Å². The number of carbonyl (C=O) groups excluding carboxylic acids is 2. The van der Waals surface area contributed by atoms with E-state index in [1.165, 1.54) is 11.3 Å². The lowest BCUT2D eigenvalue weighted by Crippen LogP contribution is -2.49. The molecular formula is C20H20N4O2S. The molecule has 2 amide bonds. The number of nitrogens with zero attached hydrogens (tertiary/aromatic N) is 2. The molecule has 0 spiro atoms. The Hall–Kier alpha value is -2.93. The van der Waals surface area contributed by atoms with Gasteiger partial charge in [0.05, 0.1) is 22.3 Å². The molecule has 7 heteroatoms. The molecule has 27 heavy (non-hydrogen) atoms. The summed E-state index contributed by atoms with van der Waals surface area (Å²) in [5.74, 6) is -0.129. The van der Waals surface area contributed by atoms with Gasteiger partial charge in [0.1, 0.15) is 0 Å². The van der Waals surface area contributed by atoms with Crippen molar-refractivity contribution >= 4 is 23.2 Å². The first-order valence-corrected chi connectivity index (χ1v) is 9.83. The Morgan fingerprint density at radius 2 is 2.04 bits per heavy atom. The van der Waals surface area contributed by atoms with E-state index in [0.29, 0.717) is 17.8 Å². The molecule has 1 aliphatic rings. The Morgan fingerprint density at radius 1 is 1.19 bits per heavy atom. The predicted molar refractivity (Wildman–Crippen MR) is 105 cm³/mol. The van der Waals surface area contributed by atoms with Crippen molar-refractivity contribution in [3.05, 3.63) is 64.5 Å². The van der Waals surface area contributed by atoms with Crippen molar-refractivity contribution in [2.75, 3.05) is 13.1 Å². The van der Waals surface area contributed by atoms with Crippen LogP contribution in [0.1, 0.15) is 32.9 Å². The van der Waals surface area contributed by atoms with Gasteiger partial charge in [-0.1, -0.05) is 36.4 Å². The van der Waals surface area contributed by atoms with Gasteiger partial charge in [-0.2, -0.15) is 5.10 Å². The van der Waals surface area contributed by atoms with Crippen LogP contribution in [0.25, 0.3) is 11.3 Å². The van der Waals surface area contributed by atoms with Gasteiger partial charge in [-0.15, -0.1) is 11.3 Å². The monoisotopic (exact) mass is 380 g/mol. The zero-order chi connectivity index (χ0) is 18.6. The molecule has 2 aromatic heterocycles. The minimum absolute atomic E-state index is 0.0391. The van der Waals surface area contributed by atoms with Gasteiger partial charge in [0.2, 0.25) is 0 Å². The molecule has 0 aliphatic carbocycles. The number of benzene rings is 1. The minimum atomic E-state index is -0.168. The third kappa shape index (κ3) is 3.78. The topological polar surface area (TPSA) is 78.1 Å². The smallest absolute Gasteiger partial charge is 0.263 e. The molecule has 1 aromatic carbocycles. The van der Waals surface area contributed by atoms with Crippen molar-refractivity contribution in [1.29, 1.82) is 0 Å². The summed E-state index contributed by atoms with van der Waals surface area (Å²) >= 11 is 1.45. The standard InChI is InChI=1S/C20H20N4O2S/c25-19(16-12-21-23-18(16)14-6-2-1-3-7-14)22-15-8-4-10-24(13-15)20(26)17-9-5-11-27-17/h1-3,5-7,9,11-12,15H,4,8,10,13H2,(H,21,23)(H,22,25)/t15-/m0/s1. The van der Waals surface area contributed by atoms with E-state index in [0.717, 1.165) is 29.8 Å². The van der Waals surface area contributed by atoms with Gasteiger partial charge in [0, 0.05) is 24.7 Å². The van der Waals surface area contributed by atoms with Crippen LogP contribution in [0.2, 0.25) is 0 Å². The normalized spacial score (nSPS) is 16.9. The lowest BCUT2D eigenvalue weighted by Gasteiger charge is -2.33. The molecule has 2 N–H and O–H groups in total. The molecule has 0 unspecified atom stereocenters. The molecule has 3 aromatic rings. The van der Waals surface area contributed by atoms with Crippen molar-refractivity contribution in [3.8, 4) is 11.3 Å². The van der Waals surface area contributed by atoms with Gasteiger partial charge in [-0.05, 0) is 24.3 Å². The number of hydrogen-bond donors (Lipinski definition) is 2. The zero-order valence-electron chi connectivity index (χ0n) is 14.7. The number of piperidine rings is 1. The number of aromatic amines is 1. The van der Waals surface area contributed by atoms with Crippen LogP contribution in [0.3, 0.4) is 0 Å². The molecule has 1 atom stereocenters. The quantitative estimate of drug-likeness (QED) is 0.730. The summed E-state index contributed by atoms with van der Waals surface area (Å²) < 4.78 is 0. The minimum Gasteiger partial charge on any atom is -0.347 e. The van der Waals surface area contributed by atoms with Gasteiger partial charge in [0.25, 0.3) is 11.8 Å².